The van der Waals surface area contributed by atoms with Crippen molar-refractivity contribution in [3.8, 4) is 11.3 Å². The lowest BCUT2D eigenvalue weighted by Gasteiger charge is -2.07. The molecular weight excluding hydrogens is 312 g/mol. The van der Waals surface area contributed by atoms with Gasteiger partial charge < -0.3 is 11.1 Å². The summed E-state index contributed by atoms with van der Waals surface area (Å²) in [5, 5.41) is 11.7. The SMILES string of the molecule is Cc1ccc(CCNc2ccc(-c3cccc(C(N)=O)c3)nn2)cc1. The second-order valence-electron chi connectivity index (χ2n) is 5.91. The van der Waals surface area contributed by atoms with Gasteiger partial charge in [-0.25, -0.2) is 0 Å². The number of amides is 1. The molecule has 2 aromatic carbocycles. The van der Waals surface area contributed by atoms with E-state index in [-0.39, 0.29) is 0 Å². The fourth-order valence-electron chi connectivity index (χ4n) is 2.50. The first-order chi connectivity index (χ1) is 12.1. The van der Waals surface area contributed by atoms with Crippen molar-refractivity contribution in [2.24, 2.45) is 5.73 Å². The maximum Gasteiger partial charge on any atom is 0.248 e. The highest BCUT2D eigenvalue weighted by atomic mass is 16.1. The molecule has 0 fully saturated rings. The second-order valence-corrected chi connectivity index (χ2v) is 5.91. The van der Waals surface area contributed by atoms with Crippen LogP contribution in [-0.4, -0.2) is 22.6 Å². The van der Waals surface area contributed by atoms with Gasteiger partial charge in [0.2, 0.25) is 5.91 Å². The molecule has 0 saturated heterocycles. The summed E-state index contributed by atoms with van der Waals surface area (Å²) < 4.78 is 0. The second kappa shape index (κ2) is 7.57. The number of hydrogen-bond donors (Lipinski definition) is 2. The van der Waals surface area contributed by atoms with Gasteiger partial charge in [0, 0.05) is 17.7 Å². The lowest BCUT2D eigenvalue weighted by molar-refractivity contribution is 0.100. The monoisotopic (exact) mass is 332 g/mol. The van der Waals surface area contributed by atoms with Crippen molar-refractivity contribution in [3.05, 3.63) is 77.4 Å². The van der Waals surface area contributed by atoms with Crippen LogP contribution in [0.15, 0.2) is 60.7 Å². The van der Waals surface area contributed by atoms with Gasteiger partial charge in [0.15, 0.2) is 0 Å². The molecule has 0 bridgehead atoms. The van der Waals surface area contributed by atoms with Crippen LogP contribution in [0.3, 0.4) is 0 Å². The third-order valence-electron chi connectivity index (χ3n) is 3.95. The lowest BCUT2D eigenvalue weighted by atomic mass is 10.1. The maximum atomic E-state index is 11.3. The zero-order valence-corrected chi connectivity index (χ0v) is 14.1. The molecule has 1 heterocycles. The number of benzene rings is 2. The van der Waals surface area contributed by atoms with Crippen molar-refractivity contribution >= 4 is 11.7 Å². The highest BCUT2D eigenvalue weighted by Gasteiger charge is 2.05. The van der Waals surface area contributed by atoms with Crippen molar-refractivity contribution in [3.63, 3.8) is 0 Å². The topological polar surface area (TPSA) is 80.9 Å². The molecule has 0 spiro atoms. The summed E-state index contributed by atoms with van der Waals surface area (Å²) >= 11 is 0. The van der Waals surface area contributed by atoms with Gasteiger partial charge in [0.05, 0.1) is 5.69 Å². The Morgan fingerprint density at radius 3 is 2.52 bits per heavy atom. The summed E-state index contributed by atoms with van der Waals surface area (Å²) in [4.78, 5) is 11.3. The minimum absolute atomic E-state index is 0.454. The molecule has 5 heteroatoms. The first-order valence-corrected chi connectivity index (χ1v) is 8.15. The largest absolute Gasteiger partial charge is 0.368 e. The minimum atomic E-state index is -0.454. The van der Waals surface area contributed by atoms with Gasteiger partial charge in [0.1, 0.15) is 5.82 Å². The molecule has 0 radical (unpaired) electrons. The summed E-state index contributed by atoms with van der Waals surface area (Å²) in [6.07, 6.45) is 0.921. The molecule has 1 amide bonds. The summed E-state index contributed by atoms with van der Waals surface area (Å²) in [5.74, 6) is 0.270. The molecule has 25 heavy (non-hydrogen) atoms. The fraction of sp³-hybridized carbons (Fsp3) is 0.150. The van der Waals surface area contributed by atoms with Gasteiger partial charge in [-0.15, -0.1) is 10.2 Å². The molecule has 3 rings (SSSR count). The van der Waals surface area contributed by atoms with Crippen LogP contribution in [-0.2, 0) is 6.42 Å². The van der Waals surface area contributed by atoms with E-state index in [1.54, 1.807) is 18.2 Å². The van der Waals surface area contributed by atoms with Crippen LogP contribution in [0.5, 0.6) is 0 Å². The molecule has 3 aromatic rings. The van der Waals surface area contributed by atoms with Gasteiger partial charge in [-0.2, -0.15) is 0 Å². The van der Waals surface area contributed by atoms with E-state index in [9.17, 15) is 4.79 Å². The molecule has 0 aliphatic rings. The van der Waals surface area contributed by atoms with E-state index in [2.05, 4.69) is 46.7 Å². The highest BCUT2D eigenvalue weighted by Crippen LogP contribution is 2.18. The molecule has 0 aliphatic carbocycles. The van der Waals surface area contributed by atoms with E-state index in [1.165, 1.54) is 11.1 Å². The van der Waals surface area contributed by atoms with Crippen LogP contribution in [0.4, 0.5) is 5.82 Å². The maximum absolute atomic E-state index is 11.3. The van der Waals surface area contributed by atoms with Crippen LogP contribution < -0.4 is 11.1 Å². The molecule has 5 nitrogen and oxygen atoms in total. The van der Waals surface area contributed by atoms with Crippen LogP contribution >= 0.6 is 0 Å². The van der Waals surface area contributed by atoms with E-state index in [1.807, 2.05) is 18.2 Å². The normalized spacial score (nSPS) is 10.4. The molecule has 0 aliphatic heterocycles. The predicted octanol–water partition coefficient (Wildman–Crippen LogP) is 3.21. The first kappa shape index (κ1) is 16.6. The van der Waals surface area contributed by atoms with Crippen molar-refractivity contribution in [2.75, 3.05) is 11.9 Å². The number of carbonyl (C=O) groups excluding carboxylic acids is 1. The Morgan fingerprint density at radius 1 is 1.04 bits per heavy atom. The van der Waals surface area contributed by atoms with Crippen molar-refractivity contribution in [1.29, 1.82) is 0 Å². The number of nitrogens with one attached hydrogen (secondary N) is 1. The Morgan fingerprint density at radius 2 is 1.84 bits per heavy atom. The van der Waals surface area contributed by atoms with Crippen molar-refractivity contribution < 1.29 is 4.79 Å². The number of aryl methyl sites for hydroxylation is 1. The molecule has 0 saturated carbocycles. The number of nitrogens with zero attached hydrogens (tertiary/aromatic N) is 2. The van der Waals surface area contributed by atoms with E-state index in [0.717, 1.165) is 24.3 Å². The molecule has 1 aromatic heterocycles. The third-order valence-corrected chi connectivity index (χ3v) is 3.95. The Kier molecular flexibility index (Phi) is 5.04. The van der Waals surface area contributed by atoms with Gasteiger partial charge >= 0.3 is 0 Å². The van der Waals surface area contributed by atoms with E-state index >= 15 is 0 Å². The smallest absolute Gasteiger partial charge is 0.248 e. The molecular formula is C20H20N4O. The Bertz CT molecular complexity index is 858. The number of hydrogen-bond acceptors (Lipinski definition) is 4. The average Bonchev–Trinajstić information content (AvgIpc) is 2.64. The number of anilines is 1. The fourth-order valence-corrected chi connectivity index (χ4v) is 2.50. The molecule has 3 N–H and O–H groups in total. The Balaban J connectivity index is 1.61. The Hall–Kier alpha value is -3.21. The van der Waals surface area contributed by atoms with E-state index < -0.39 is 5.91 Å². The number of aromatic nitrogens is 2. The molecule has 0 atom stereocenters. The van der Waals surface area contributed by atoms with Crippen molar-refractivity contribution in [1.82, 2.24) is 10.2 Å². The molecule has 0 unspecified atom stereocenters. The number of nitrogens with two attached hydrogens (primary N) is 1. The average molecular weight is 332 g/mol. The summed E-state index contributed by atoms with van der Waals surface area (Å²) in [7, 11) is 0. The number of primary amides is 1. The van der Waals surface area contributed by atoms with Gasteiger partial charge in [0.25, 0.3) is 0 Å². The summed E-state index contributed by atoms with van der Waals surface area (Å²) in [5.41, 5.74) is 9.83. The quantitative estimate of drug-likeness (QED) is 0.726. The Labute approximate surface area is 146 Å². The van der Waals surface area contributed by atoms with Crippen LogP contribution in [0, 0.1) is 6.92 Å². The van der Waals surface area contributed by atoms with Crippen molar-refractivity contribution in [2.45, 2.75) is 13.3 Å². The zero-order valence-electron chi connectivity index (χ0n) is 14.1. The van der Waals surface area contributed by atoms with Gasteiger partial charge in [-0.05, 0) is 43.2 Å². The van der Waals surface area contributed by atoms with Gasteiger partial charge in [-0.3, -0.25) is 4.79 Å². The van der Waals surface area contributed by atoms with Crippen LogP contribution in [0.1, 0.15) is 21.5 Å². The van der Waals surface area contributed by atoms with Crippen LogP contribution in [0.25, 0.3) is 11.3 Å². The lowest BCUT2D eigenvalue weighted by Crippen LogP contribution is -2.10. The highest BCUT2D eigenvalue weighted by molar-refractivity contribution is 5.93. The van der Waals surface area contributed by atoms with E-state index in [0.29, 0.717) is 11.3 Å². The van der Waals surface area contributed by atoms with Crippen LogP contribution in [0.2, 0.25) is 0 Å². The number of rotatable bonds is 6. The summed E-state index contributed by atoms with van der Waals surface area (Å²) in [6, 6.07) is 19.3. The van der Waals surface area contributed by atoms with E-state index in [4.69, 9.17) is 5.73 Å². The third kappa shape index (κ3) is 4.41. The summed E-state index contributed by atoms with van der Waals surface area (Å²) in [6.45, 7) is 2.87. The molecule has 126 valence electrons. The zero-order chi connectivity index (χ0) is 17.6. The standard InChI is InChI=1S/C20H20N4O/c1-14-5-7-15(8-6-14)11-12-22-19-10-9-18(23-24-19)16-3-2-4-17(13-16)20(21)25/h2-10,13H,11-12H2,1H3,(H2,21,25)(H,22,24). The minimum Gasteiger partial charge on any atom is -0.368 e. The first-order valence-electron chi connectivity index (χ1n) is 8.15. The van der Waals surface area contributed by atoms with Gasteiger partial charge in [-0.1, -0.05) is 42.0 Å². The number of carbonyl (C=O) groups is 1. The predicted molar refractivity (Wildman–Crippen MR) is 99.4 cm³/mol.